The van der Waals surface area contributed by atoms with Crippen molar-refractivity contribution in [2.45, 2.75) is 14.9 Å². The molecule has 4 aromatic rings. The second kappa shape index (κ2) is 12.9. The quantitative estimate of drug-likeness (QED) is 0.0646. The Labute approximate surface area is 255 Å². The number of tetrazole rings is 1. The number of hydrogen-bond acceptors (Lipinski definition) is 14. The molecule has 0 fully saturated rings. The number of nitrogens with zero attached hydrogens (tertiary/aromatic N) is 7. The smallest absolute Gasteiger partial charge is 0.744 e. The molecule has 4 rings (SSSR count). The Balaban J connectivity index is 0.00000462. The van der Waals surface area contributed by atoms with E-state index >= 15 is 0 Å². The number of anilines is 1. The van der Waals surface area contributed by atoms with Crippen LogP contribution >= 0.6 is 11.8 Å². The van der Waals surface area contributed by atoms with Gasteiger partial charge in [-0.05, 0) is 70.7 Å². The number of hydrogen-bond donors (Lipinski definition) is 1. The normalized spacial score (nSPS) is 10.7. The number of nitrogens with one attached hydrogen (secondary N) is 1. The van der Waals surface area contributed by atoms with Crippen molar-refractivity contribution in [1.82, 2.24) is 20.2 Å². The van der Waals surface area contributed by atoms with E-state index in [0.717, 1.165) is 22.9 Å². The third-order valence-electron chi connectivity index (χ3n) is 5.01. The van der Waals surface area contributed by atoms with Gasteiger partial charge in [0, 0.05) is 5.69 Å². The van der Waals surface area contributed by atoms with Crippen LogP contribution in [0.2, 0.25) is 0 Å². The van der Waals surface area contributed by atoms with Gasteiger partial charge in [-0.1, -0.05) is 6.07 Å². The minimum absolute atomic E-state index is 0. The molecular formula is C21H11N8NaO9S2. The van der Waals surface area contributed by atoms with E-state index < -0.39 is 47.7 Å². The maximum atomic E-state index is 13.0. The molecule has 20 heteroatoms. The van der Waals surface area contributed by atoms with Crippen molar-refractivity contribution in [2.24, 2.45) is 4.99 Å². The van der Waals surface area contributed by atoms with E-state index in [0.29, 0.717) is 17.8 Å². The van der Waals surface area contributed by atoms with Crippen molar-refractivity contribution in [3.8, 4) is 5.69 Å². The van der Waals surface area contributed by atoms with E-state index in [4.69, 9.17) is 0 Å². The summed E-state index contributed by atoms with van der Waals surface area (Å²) in [7, 11) is -4.72. The molecule has 0 saturated carbocycles. The van der Waals surface area contributed by atoms with E-state index in [2.05, 4.69) is 25.8 Å². The fourth-order valence-corrected chi connectivity index (χ4v) is 4.66. The molecule has 1 heterocycles. The van der Waals surface area contributed by atoms with Crippen LogP contribution in [0.1, 0.15) is 10.4 Å². The summed E-state index contributed by atoms with van der Waals surface area (Å²) >= 11 is 0.592. The van der Waals surface area contributed by atoms with Crippen LogP contribution in [0.25, 0.3) is 5.69 Å². The van der Waals surface area contributed by atoms with Crippen LogP contribution in [-0.4, -0.2) is 55.0 Å². The van der Waals surface area contributed by atoms with Gasteiger partial charge in [0.2, 0.25) is 11.2 Å². The number of amides is 1. The number of aromatic nitrogens is 4. The maximum Gasteiger partial charge on any atom is 1.00 e. The molecule has 0 saturated heterocycles. The van der Waals surface area contributed by atoms with Crippen LogP contribution < -0.4 is 34.9 Å². The molecule has 1 aromatic heterocycles. The number of benzene rings is 3. The van der Waals surface area contributed by atoms with Gasteiger partial charge in [0.1, 0.15) is 15.7 Å². The molecule has 0 unspecified atom stereocenters. The van der Waals surface area contributed by atoms with Gasteiger partial charge in [-0.25, -0.2) is 13.2 Å². The first-order valence-electron chi connectivity index (χ1n) is 10.5. The summed E-state index contributed by atoms with van der Waals surface area (Å²) in [6.07, 6.45) is 1.34. The van der Waals surface area contributed by atoms with Gasteiger partial charge in [0.25, 0.3) is 17.3 Å². The van der Waals surface area contributed by atoms with Gasteiger partial charge in [-0.3, -0.25) is 25.0 Å². The average Bonchev–Trinajstić information content (AvgIpc) is 3.36. The average molecular weight is 606 g/mol. The number of rotatable bonds is 9. The molecule has 0 bridgehead atoms. The Hall–Kier alpha value is -4.36. The van der Waals surface area contributed by atoms with E-state index in [-0.39, 0.29) is 56.7 Å². The molecule has 1 amide bonds. The second-order valence-corrected chi connectivity index (χ2v) is 9.87. The Morgan fingerprint density at radius 3 is 2.32 bits per heavy atom. The number of carbonyl (C=O) groups excluding carboxylic acids is 2. The van der Waals surface area contributed by atoms with Gasteiger partial charge < -0.3 is 9.87 Å². The molecule has 1 N–H and O–H groups in total. The van der Waals surface area contributed by atoms with Gasteiger partial charge in [0.15, 0.2) is 0 Å². The van der Waals surface area contributed by atoms with Crippen molar-refractivity contribution in [2.75, 3.05) is 5.32 Å². The SMILES string of the molecule is O=C=Nc1cccc(NC(=O)c2cc(Sc3nnnn3-c3ccc(S(=O)(=O)[O-])cc3)c([N+](=O)[O-])cc2[N+](=O)[O-])c1.[Na+]. The van der Waals surface area contributed by atoms with Crippen molar-refractivity contribution in [3.63, 3.8) is 0 Å². The summed E-state index contributed by atoms with van der Waals surface area (Å²) in [4.78, 5) is 47.8. The predicted octanol–water partition coefficient (Wildman–Crippen LogP) is -0.242. The number of carbonyl (C=O) groups is 1. The van der Waals surface area contributed by atoms with Crippen molar-refractivity contribution >= 4 is 56.6 Å². The second-order valence-electron chi connectivity index (χ2n) is 7.48. The van der Waals surface area contributed by atoms with E-state index in [1.807, 2.05) is 0 Å². The van der Waals surface area contributed by atoms with Crippen LogP contribution in [0.3, 0.4) is 0 Å². The first kappa shape index (κ1) is 31.2. The van der Waals surface area contributed by atoms with E-state index in [9.17, 15) is 42.8 Å². The zero-order valence-electron chi connectivity index (χ0n) is 20.4. The molecule has 0 atom stereocenters. The Kier molecular flexibility index (Phi) is 9.79. The summed E-state index contributed by atoms with van der Waals surface area (Å²) in [6, 6.07) is 11.6. The molecule has 202 valence electrons. The predicted molar refractivity (Wildman–Crippen MR) is 133 cm³/mol. The minimum Gasteiger partial charge on any atom is -0.744 e. The molecule has 0 aliphatic heterocycles. The summed E-state index contributed by atoms with van der Waals surface area (Å²) < 4.78 is 34.6. The standard InChI is InChI=1S/C21H12N8O9S2.Na/c30-11-22-12-2-1-3-13(8-12)23-20(31)16-9-19(18(29(34)35)10-17(16)28(32)33)39-21-24-25-26-27(21)14-4-6-15(7-5-14)40(36,37)38;/h1-10H,(H,23,31)(H,36,37,38);/q;+1/p-1. The number of nitro benzene ring substituents is 2. The monoisotopic (exact) mass is 606 g/mol. The van der Waals surface area contributed by atoms with Gasteiger partial charge in [-0.15, -0.1) is 5.10 Å². The zero-order valence-corrected chi connectivity index (χ0v) is 24.0. The minimum atomic E-state index is -4.72. The number of isocyanates is 1. The summed E-state index contributed by atoms with van der Waals surface area (Å²) in [6.45, 7) is 0. The van der Waals surface area contributed by atoms with Gasteiger partial charge >= 0.3 is 29.6 Å². The van der Waals surface area contributed by atoms with E-state index in [1.165, 1.54) is 42.5 Å². The summed E-state index contributed by atoms with van der Waals surface area (Å²) in [5.74, 6) is -0.996. The fourth-order valence-electron chi connectivity index (χ4n) is 3.28. The van der Waals surface area contributed by atoms with Crippen molar-refractivity contribution in [3.05, 3.63) is 86.5 Å². The zero-order chi connectivity index (χ0) is 29.0. The van der Waals surface area contributed by atoms with Crippen molar-refractivity contribution in [1.29, 1.82) is 0 Å². The van der Waals surface area contributed by atoms with Crippen LogP contribution in [0.15, 0.2) is 80.6 Å². The topological polar surface area (TPSA) is 246 Å². The molecule has 17 nitrogen and oxygen atoms in total. The Bertz CT molecular complexity index is 1820. The van der Waals surface area contributed by atoms with Gasteiger partial charge in [-0.2, -0.15) is 9.67 Å². The van der Waals surface area contributed by atoms with Crippen molar-refractivity contribution < 1.29 is 62.0 Å². The van der Waals surface area contributed by atoms with Gasteiger partial charge in [0.05, 0.1) is 37.1 Å². The summed E-state index contributed by atoms with van der Waals surface area (Å²) in [5.41, 5.74) is -1.67. The van der Waals surface area contributed by atoms with Crippen LogP contribution in [0.4, 0.5) is 22.7 Å². The first-order chi connectivity index (χ1) is 19.0. The number of nitro groups is 2. The van der Waals surface area contributed by atoms with E-state index in [1.54, 1.807) is 0 Å². The molecule has 0 radical (unpaired) electrons. The molecule has 0 aliphatic carbocycles. The third-order valence-corrected chi connectivity index (χ3v) is 6.84. The Morgan fingerprint density at radius 2 is 1.71 bits per heavy atom. The molecular weight excluding hydrogens is 595 g/mol. The number of aliphatic imine (C=N–C) groups is 1. The molecule has 0 spiro atoms. The molecule has 3 aromatic carbocycles. The summed E-state index contributed by atoms with van der Waals surface area (Å²) in [5, 5.41) is 36.8. The fraction of sp³-hybridized carbons (Fsp3) is 0. The largest absolute Gasteiger partial charge is 1.00 e. The van der Waals surface area contributed by atoms with Crippen LogP contribution in [-0.2, 0) is 14.9 Å². The first-order valence-corrected chi connectivity index (χ1v) is 12.7. The van der Waals surface area contributed by atoms with Crippen LogP contribution in [0, 0.1) is 20.2 Å². The Morgan fingerprint density at radius 1 is 1.02 bits per heavy atom. The molecule has 0 aliphatic rings. The van der Waals surface area contributed by atoms with Crippen LogP contribution in [0.5, 0.6) is 0 Å². The maximum absolute atomic E-state index is 13.0. The third kappa shape index (κ3) is 7.24. The molecule has 41 heavy (non-hydrogen) atoms.